The minimum atomic E-state index is -0.224. The van der Waals surface area contributed by atoms with E-state index in [0.717, 1.165) is 17.5 Å². The van der Waals surface area contributed by atoms with Crippen LogP contribution in [0.25, 0.3) is 0 Å². The molecule has 0 saturated carbocycles. The molecule has 94 valence electrons. The van der Waals surface area contributed by atoms with Crippen LogP contribution >= 0.6 is 0 Å². The number of rotatable bonds is 3. The Kier molecular flexibility index (Phi) is 3.76. The topological polar surface area (TPSA) is 47.3 Å². The minimum Gasteiger partial charge on any atom is -0.378 e. The minimum absolute atomic E-state index is 0.0457. The Morgan fingerprint density at radius 1 is 1.53 bits per heavy atom. The molecule has 4 heteroatoms. The third-order valence-corrected chi connectivity index (χ3v) is 3.46. The molecule has 0 radical (unpaired) electrons. The zero-order chi connectivity index (χ0) is 12.4. The lowest BCUT2D eigenvalue weighted by molar-refractivity contribution is 0.117. The van der Waals surface area contributed by atoms with Crippen LogP contribution in [0.15, 0.2) is 18.2 Å². The third kappa shape index (κ3) is 2.65. The van der Waals surface area contributed by atoms with Gasteiger partial charge in [-0.15, -0.1) is 0 Å². The van der Waals surface area contributed by atoms with Gasteiger partial charge in [0.1, 0.15) is 5.82 Å². The fourth-order valence-electron chi connectivity index (χ4n) is 2.51. The molecule has 1 fully saturated rings. The number of halogens is 1. The van der Waals surface area contributed by atoms with Crippen molar-refractivity contribution in [1.82, 2.24) is 5.43 Å². The van der Waals surface area contributed by atoms with Crippen LogP contribution in [0.3, 0.4) is 0 Å². The molecule has 0 aliphatic carbocycles. The number of hydrazine groups is 1. The number of benzene rings is 1. The molecule has 3 N–H and O–H groups in total. The number of nitrogens with two attached hydrogens (primary N) is 1. The summed E-state index contributed by atoms with van der Waals surface area (Å²) in [5.41, 5.74) is 4.78. The van der Waals surface area contributed by atoms with Crippen molar-refractivity contribution in [2.24, 2.45) is 11.8 Å². The Morgan fingerprint density at radius 3 is 2.88 bits per heavy atom. The molecule has 1 aliphatic rings. The molecular formula is C13H19FN2O. The van der Waals surface area contributed by atoms with Crippen molar-refractivity contribution < 1.29 is 9.13 Å². The van der Waals surface area contributed by atoms with Crippen molar-refractivity contribution in [2.45, 2.75) is 32.4 Å². The van der Waals surface area contributed by atoms with Gasteiger partial charge in [-0.2, -0.15) is 0 Å². The Labute approximate surface area is 101 Å². The zero-order valence-corrected chi connectivity index (χ0v) is 10.2. The van der Waals surface area contributed by atoms with Crippen LogP contribution in [0.4, 0.5) is 4.39 Å². The van der Waals surface area contributed by atoms with Crippen molar-refractivity contribution in [3.63, 3.8) is 0 Å². The monoisotopic (exact) mass is 238 g/mol. The van der Waals surface area contributed by atoms with Crippen LogP contribution in [0.1, 0.15) is 30.5 Å². The van der Waals surface area contributed by atoms with E-state index in [4.69, 9.17) is 10.6 Å². The van der Waals surface area contributed by atoms with Gasteiger partial charge < -0.3 is 4.74 Å². The lowest BCUT2D eigenvalue weighted by Gasteiger charge is -2.23. The fourth-order valence-corrected chi connectivity index (χ4v) is 2.51. The first-order valence-electron chi connectivity index (χ1n) is 5.95. The largest absolute Gasteiger partial charge is 0.378 e. The number of ether oxygens (including phenoxy) is 1. The van der Waals surface area contributed by atoms with E-state index in [1.807, 2.05) is 13.8 Å². The molecule has 0 amide bonds. The van der Waals surface area contributed by atoms with Gasteiger partial charge >= 0.3 is 0 Å². The second kappa shape index (κ2) is 5.12. The Bertz CT molecular complexity index is 397. The molecule has 2 rings (SSSR count). The van der Waals surface area contributed by atoms with Gasteiger partial charge in [0.05, 0.1) is 18.8 Å². The average Bonchev–Trinajstić information content (AvgIpc) is 2.71. The average molecular weight is 238 g/mol. The standard InChI is InChI=1S/C13H19FN2O/c1-8-3-4-11(14)6-12(8)13(16-15)10-5-9(2)17-7-10/h3-4,6,9-10,13,16H,5,7,15H2,1-2H3. The fraction of sp³-hybridized carbons (Fsp3) is 0.538. The summed E-state index contributed by atoms with van der Waals surface area (Å²) in [5.74, 6) is 5.70. The number of hydrogen-bond acceptors (Lipinski definition) is 3. The van der Waals surface area contributed by atoms with E-state index < -0.39 is 0 Å². The molecule has 1 aromatic rings. The van der Waals surface area contributed by atoms with E-state index in [0.29, 0.717) is 12.5 Å². The van der Waals surface area contributed by atoms with Crippen molar-refractivity contribution >= 4 is 0 Å². The van der Waals surface area contributed by atoms with Crippen molar-refractivity contribution in [1.29, 1.82) is 0 Å². The van der Waals surface area contributed by atoms with Gasteiger partial charge in [-0.3, -0.25) is 11.3 Å². The normalized spacial score (nSPS) is 26.1. The first-order valence-corrected chi connectivity index (χ1v) is 5.95. The summed E-state index contributed by atoms with van der Waals surface area (Å²) in [6.45, 7) is 4.69. The van der Waals surface area contributed by atoms with Crippen molar-refractivity contribution in [2.75, 3.05) is 6.61 Å². The number of hydrogen-bond donors (Lipinski definition) is 2. The molecule has 17 heavy (non-hydrogen) atoms. The highest BCUT2D eigenvalue weighted by atomic mass is 19.1. The summed E-state index contributed by atoms with van der Waals surface area (Å²) in [6, 6.07) is 4.77. The van der Waals surface area contributed by atoms with Crippen LogP contribution in [-0.4, -0.2) is 12.7 Å². The molecule has 1 saturated heterocycles. The predicted molar refractivity (Wildman–Crippen MR) is 64.7 cm³/mol. The highest BCUT2D eigenvalue weighted by Gasteiger charge is 2.30. The summed E-state index contributed by atoms with van der Waals surface area (Å²) in [6.07, 6.45) is 1.20. The molecule has 0 aromatic heterocycles. The van der Waals surface area contributed by atoms with Crippen molar-refractivity contribution in [3.8, 4) is 0 Å². The summed E-state index contributed by atoms with van der Waals surface area (Å²) in [5, 5.41) is 0. The van der Waals surface area contributed by atoms with Gasteiger partial charge in [-0.05, 0) is 43.5 Å². The van der Waals surface area contributed by atoms with Gasteiger partial charge in [-0.1, -0.05) is 6.07 Å². The molecule has 1 aromatic carbocycles. The first kappa shape index (κ1) is 12.5. The Morgan fingerprint density at radius 2 is 2.29 bits per heavy atom. The zero-order valence-electron chi connectivity index (χ0n) is 10.2. The van der Waals surface area contributed by atoms with Gasteiger partial charge in [0, 0.05) is 5.92 Å². The molecule has 3 atom stereocenters. The summed E-state index contributed by atoms with van der Waals surface area (Å²) < 4.78 is 18.9. The smallest absolute Gasteiger partial charge is 0.123 e. The van der Waals surface area contributed by atoms with E-state index in [9.17, 15) is 4.39 Å². The Hall–Kier alpha value is -0.970. The predicted octanol–water partition coefficient (Wildman–Crippen LogP) is 2.06. The molecule has 0 spiro atoms. The summed E-state index contributed by atoms with van der Waals surface area (Å²) in [7, 11) is 0. The SMILES string of the molecule is Cc1ccc(F)cc1C(NN)C1COC(C)C1. The molecular weight excluding hydrogens is 219 g/mol. The maximum Gasteiger partial charge on any atom is 0.123 e. The Balaban J connectivity index is 2.25. The quantitative estimate of drug-likeness (QED) is 0.626. The first-order chi connectivity index (χ1) is 8.11. The van der Waals surface area contributed by atoms with Gasteiger partial charge in [0.25, 0.3) is 0 Å². The molecule has 3 unspecified atom stereocenters. The van der Waals surface area contributed by atoms with E-state index in [1.54, 1.807) is 12.1 Å². The molecule has 1 aliphatic heterocycles. The molecule has 1 heterocycles. The highest BCUT2D eigenvalue weighted by molar-refractivity contribution is 5.30. The van der Waals surface area contributed by atoms with Crippen LogP contribution in [0, 0.1) is 18.7 Å². The van der Waals surface area contributed by atoms with E-state index in [2.05, 4.69) is 5.43 Å². The highest BCUT2D eigenvalue weighted by Crippen LogP contribution is 2.32. The summed E-state index contributed by atoms with van der Waals surface area (Å²) >= 11 is 0. The van der Waals surface area contributed by atoms with Gasteiger partial charge in [0.15, 0.2) is 0 Å². The number of aryl methyl sites for hydroxylation is 1. The lowest BCUT2D eigenvalue weighted by atomic mass is 9.89. The van der Waals surface area contributed by atoms with Crippen LogP contribution < -0.4 is 11.3 Å². The maximum absolute atomic E-state index is 13.3. The van der Waals surface area contributed by atoms with Gasteiger partial charge in [-0.25, -0.2) is 4.39 Å². The van der Waals surface area contributed by atoms with E-state index in [-0.39, 0.29) is 18.0 Å². The lowest BCUT2D eigenvalue weighted by Crippen LogP contribution is -2.34. The second-order valence-electron chi connectivity index (χ2n) is 4.78. The van der Waals surface area contributed by atoms with Crippen LogP contribution in [0.5, 0.6) is 0 Å². The molecule has 0 bridgehead atoms. The van der Waals surface area contributed by atoms with Crippen LogP contribution in [-0.2, 0) is 4.74 Å². The van der Waals surface area contributed by atoms with E-state index in [1.165, 1.54) is 6.07 Å². The molecule has 3 nitrogen and oxygen atoms in total. The maximum atomic E-state index is 13.3. The third-order valence-electron chi connectivity index (χ3n) is 3.46. The number of nitrogens with one attached hydrogen (secondary N) is 1. The van der Waals surface area contributed by atoms with Crippen molar-refractivity contribution in [3.05, 3.63) is 35.1 Å². The summed E-state index contributed by atoms with van der Waals surface area (Å²) in [4.78, 5) is 0. The van der Waals surface area contributed by atoms with Crippen LogP contribution in [0.2, 0.25) is 0 Å². The van der Waals surface area contributed by atoms with E-state index >= 15 is 0 Å². The second-order valence-corrected chi connectivity index (χ2v) is 4.78. The van der Waals surface area contributed by atoms with Gasteiger partial charge in [0.2, 0.25) is 0 Å².